The Morgan fingerprint density at radius 3 is 2.62 bits per heavy atom. The molecule has 3 fully saturated rings. The summed E-state index contributed by atoms with van der Waals surface area (Å²) in [5.74, 6) is 0.816. The Labute approximate surface area is 158 Å². The van der Waals surface area contributed by atoms with Gasteiger partial charge in [0.2, 0.25) is 5.91 Å². The molecule has 0 aromatic heterocycles. The lowest BCUT2D eigenvalue weighted by molar-refractivity contribution is -0.134. The number of nitrogens with zero attached hydrogens (tertiary/aromatic N) is 2. The van der Waals surface area contributed by atoms with Gasteiger partial charge in [0.05, 0.1) is 0 Å². The molecule has 1 amide bonds. The largest absolute Gasteiger partial charge is 0.342 e. The summed E-state index contributed by atoms with van der Waals surface area (Å²) in [6.45, 7) is 5.68. The predicted molar refractivity (Wildman–Crippen MR) is 106 cm³/mol. The highest BCUT2D eigenvalue weighted by atomic mass is 16.2. The Hall–Kier alpha value is -1.35. The van der Waals surface area contributed by atoms with E-state index in [9.17, 15) is 4.79 Å². The van der Waals surface area contributed by atoms with Gasteiger partial charge in [-0.3, -0.25) is 4.79 Å². The van der Waals surface area contributed by atoms with E-state index in [2.05, 4.69) is 40.1 Å². The Morgan fingerprint density at radius 2 is 1.81 bits per heavy atom. The van der Waals surface area contributed by atoms with Crippen LogP contribution in [0.4, 0.5) is 0 Å². The fraction of sp³-hybridized carbons (Fsp3) is 0.696. The van der Waals surface area contributed by atoms with Crippen LogP contribution < -0.4 is 0 Å². The van der Waals surface area contributed by atoms with Crippen molar-refractivity contribution in [1.82, 2.24) is 9.80 Å². The first kappa shape index (κ1) is 18.0. The Balaban J connectivity index is 1.27. The first-order chi connectivity index (χ1) is 12.7. The lowest BCUT2D eigenvalue weighted by atomic mass is 9.79. The second-order valence-electron chi connectivity index (χ2n) is 8.96. The number of carbonyl (C=O) groups excluding carboxylic acids is 1. The summed E-state index contributed by atoms with van der Waals surface area (Å²) in [4.78, 5) is 17.7. The summed E-state index contributed by atoms with van der Waals surface area (Å²) in [6, 6.07) is 10.8. The maximum atomic E-state index is 12.8. The molecule has 1 atom stereocenters. The molecule has 26 heavy (non-hydrogen) atoms. The van der Waals surface area contributed by atoms with Gasteiger partial charge < -0.3 is 9.80 Å². The van der Waals surface area contributed by atoms with Crippen molar-refractivity contribution in [3.8, 4) is 0 Å². The van der Waals surface area contributed by atoms with Gasteiger partial charge in [0.1, 0.15) is 0 Å². The molecule has 1 aromatic carbocycles. The smallest absolute Gasteiger partial charge is 0.225 e. The third kappa shape index (κ3) is 4.14. The van der Waals surface area contributed by atoms with Crippen LogP contribution in [-0.4, -0.2) is 48.4 Å². The number of benzene rings is 1. The van der Waals surface area contributed by atoms with Gasteiger partial charge in [-0.05, 0) is 63.6 Å². The number of carbonyl (C=O) groups is 1. The first-order valence-electron chi connectivity index (χ1n) is 10.8. The quantitative estimate of drug-likeness (QED) is 0.794. The molecular weight excluding hydrogens is 320 g/mol. The number of rotatable bonds is 5. The van der Waals surface area contributed by atoms with Crippen LogP contribution in [0.5, 0.6) is 0 Å². The van der Waals surface area contributed by atoms with Crippen LogP contribution in [0.15, 0.2) is 30.3 Å². The minimum Gasteiger partial charge on any atom is -0.342 e. The van der Waals surface area contributed by atoms with Gasteiger partial charge in [0.25, 0.3) is 0 Å². The van der Waals surface area contributed by atoms with E-state index in [1.807, 2.05) is 0 Å². The average Bonchev–Trinajstić information content (AvgIpc) is 3.33. The van der Waals surface area contributed by atoms with E-state index >= 15 is 0 Å². The molecular formula is C23H34N2O. The van der Waals surface area contributed by atoms with Gasteiger partial charge in [-0.2, -0.15) is 0 Å². The minimum atomic E-state index is 0.343. The Morgan fingerprint density at radius 1 is 1.00 bits per heavy atom. The molecule has 0 bridgehead atoms. The summed E-state index contributed by atoms with van der Waals surface area (Å²) < 4.78 is 0. The number of amides is 1. The summed E-state index contributed by atoms with van der Waals surface area (Å²) in [5.41, 5.74) is 1.84. The molecule has 1 spiro atoms. The molecule has 3 aliphatic rings. The fourth-order valence-electron chi connectivity index (χ4n) is 5.54. The van der Waals surface area contributed by atoms with Gasteiger partial charge in [0, 0.05) is 31.0 Å². The van der Waals surface area contributed by atoms with E-state index in [-0.39, 0.29) is 0 Å². The maximum Gasteiger partial charge on any atom is 0.225 e. The molecule has 1 aliphatic carbocycles. The SMILES string of the molecule is O=C(C1CCCC1)N1CCC2(CCCN(CCCc3ccccc3)C2)C1. The normalized spacial score (nSPS) is 27.5. The van der Waals surface area contributed by atoms with E-state index in [1.165, 1.54) is 70.1 Å². The highest BCUT2D eigenvalue weighted by Gasteiger charge is 2.43. The number of piperidine rings is 1. The van der Waals surface area contributed by atoms with Crippen LogP contribution in [0.2, 0.25) is 0 Å². The molecule has 0 radical (unpaired) electrons. The van der Waals surface area contributed by atoms with Crippen LogP contribution in [0, 0.1) is 11.3 Å². The first-order valence-corrected chi connectivity index (χ1v) is 10.8. The molecule has 1 saturated carbocycles. The summed E-state index contributed by atoms with van der Waals surface area (Å²) >= 11 is 0. The molecule has 4 rings (SSSR count). The monoisotopic (exact) mass is 354 g/mol. The van der Waals surface area contributed by atoms with Gasteiger partial charge in [-0.15, -0.1) is 0 Å². The molecule has 1 aromatic rings. The molecule has 3 heteroatoms. The van der Waals surface area contributed by atoms with Crippen molar-refractivity contribution in [3.63, 3.8) is 0 Å². The van der Waals surface area contributed by atoms with Crippen LogP contribution in [0.3, 0.4) is 0 Å². The summed E-state index contributed by atoms with van der Waals surface area (Å²) in [5, 5.41) is 0. The standard InChI is InChI=1S/C23H34N2O/c26-22(21-11-4-5-12-21)25-17-14-23(19-25)13-7-16-24(18-23)15-6-10-20-8-2-1-3-9-20/h1-3,8-9,21H,4-7,10-19H2. The van der Waals surface area contributed by atoms with E-state index in [1.54, 1.807) is 0 Å². The van der Waals surface area contributed by atoms with Gasteiger partial charge in [-0.25, -0.2) is 0 Å². The molecule has 2 heterocycles. The van der Waals surface area contributed by atoms with E-state index in [0.29, 0.717) is 17.2 Å². The van der Waals surface area contributed by atoms with E-state index in [0.717, 1.165) is 25.9 Å². The van der Waals surface area contributed by atoms with Crippen molar-refractivity contribution in [2.24, 2.45) is 11.3 Å². The molecule has 2 saturated heterocycles. The van der Waals surface area contributed by atoms with Crippen LogP contribution in [0.25, 0.3) is 0 Å². The molecule has 2 aliphatic heterocycles. The number of hydrogen-bond acceptors (Lipinski definition) is 2. The van der Waals surface area contributed by atoms with Gasteiger partial charge >= 0.3 is 0 Å². The third-order valence-electron chi connectivity index (χ3n) is 6.98. The Kier molecular flexibility index (Phi) is 5.63. The lowest BCUT2D eigenvalue weighted by Gasteiger charge is -2.40. The lowest BCUT2D eigenvalue weighted by Crippen LogP contribution is -2.46. The fourth-order valence-corrected chi connectivity index (χ4v) is 5.54. The maximum absolute atomic E-state index is 12.8. The number of likely N-dealkylation sites (tertiary alicyclic amines) is 2. The minimum absolute atomic E-state index is 0.343. The molecule has 3 nitrogen and oxygen atoms in total. The summed E-state index contributed by atoms with van der Waals surface area (Å²) in [7, 11) is 0. The zero-order chi connectivity index (χ0) is 17.8. The second kappa shape index (κ2) is 8.12. The van der Waals surface area contributed by atoms with E-state index < -0.39 is 0 Å². The van der Waals surface area contributed by atoms with E-state index in [4.69, 9.17) is 0 Å². The van der Waals surface area contributed by atoms with Crippen LogP contribution in [0.1, 0.15) is 56.9 Å². The topological polar surface area (TPSA) is 23.6 Å². The number of aryl methyl sites for hydroxylation is 1. The zero-order valence-electron chi connectivity index (χ0n) is 16.2. The van der Waals surface area contributed by atoms with Crippen LogP contribution in [-0.2, 0) is 11.2 Å². The molecule has 0 N–H and O–H groups in total. The second-order valence-corrected chi connectivity index (χ2v) is 8.96. The third-order valence-corrected chi connectivity index (χ3v) is 6.98. The van der Waals surface area contributed by atoms with Gasteiger partial charge in [-0.1, -0.05) is 43.2 Å². The van der Waals surface area contributed by atoms with Gasteiger partial charge in [0.15, 0.2) is 0 Å². The Bertz CT molecular complexity index is 595. The van der Waals surface area contributed by atoms with Crippen molar-refractivity contribution in [2.45, 2.75) is 57.8 Å². The zero-order valence-corrected chi connectivity index (χ0v) is 16.2. The van der Waals surface area contributed by atoms with Crippen molar-refractivity contribution >= 4 is 5.91 Å². The highest BCUT2D eigenvalue weighted by molar-refractivity contribution is 5.79. The van der Waals surface area contributed by atoms with Crippen LogP contribution >= 0.6 is 0 Å². The van der Waals surface area contributed by atoms with Crippen molar-refractivity contribution in [1.29, 1.82) is 0 Å². The van der Waals surface area contributed by atoms with Crippen molar-refractivity contribution in [2.75, 3.05) is 32.7 Å². The average molecular weight is 355 g/mol. The molecule has 142 valence electrons. The summed E-state index contributed by atoms with van der Waals surface area (Å²) in [6.07, 6.45) is 11.0. The highest BCUT2D eigenvalue weighted by Crippen LogP contribution is 2.40. The predicted octanol–water partition coefficient (Wildman–Crippen LogP) is 4.12. The molecule has 1 unspecified atom stereocenters. The van der Waals surface area contributed by atoms with Crippen molar-refractivity contribution < 1.29 is 4.79 Å². The van der Waals surface area contributed by atoms with Crippen molar-refractivity contribution in [3.05, 3.63) is 35.9 Å². The number of hydrogen-bond donors (Lipinski definition) is 0.